The smallest absolute Gasteiger partial charge is 0.0769 e. The van der Waals surface area contributed by atoms with E-state index in [0.29, 0.717) is 11.5 Å². The molecule has 0 saturated carbocycles. The van der Waals surface area contributed by atoms with Gasteiger partial charge in [-0.25, -0.2) is 0 Å². The van der Waals surface area contributed by atoms with Crippen molar-refractivity contribution in [2.75, 3.05) is 23.3 Å². The molecule has 2 aromatic rings. The van der Waals surface area contributed by atoms with E-state index in [9.17, 15) is 10.2 Å². The molecule has 0 fully saturated rings. The van der Waals surface area contributed by atoms with Gasteiger partial charge in [0.25, 0.3) is 0 Å². The second-order valence-corrected chi connectivity index (χ2v) is 9.23. The quantitative estimate of drug-likeness (QED) is 0.396. The summed E-state index contributed by atoms with van der Waals surface area (Å²) in [6.07, 6.45) is -0.940. The van der Waals surface area contributed by atoms with E-state index in [0.717, 1.165) is 9.79 Å². The molecule has 0 aliphatic rings. The molecule has 2 N–H and O–H groups in total. The van der Waals surface area contributed by atoms with Crippen molar-refractivity contribution in [3.63, 3.8) is 0 Å². The van der Waals surface area contributed by atoms with E-state index in [1.807, 2.05) is 0 Å². The Morgan fingerprint density at radius 1 is 0.640 bits per heavy atom. The molecule has 0 heterocycles. The van der Waals surface area contributed by atoms with Gasteiger partial charge in [-0.05, 0) is 48.5 Å². The number of aliphatic hydroxyl groups excluding tert-OH is 2. The lowest BCUT2D eigenvalue weighted by Crippen LogP contribution is -2.10. The number of thioether (sulfide) groups is 2. The molecule has 2 aromatic carbocycles. The van der Waals surface area contributed by atoms with Gasteiger partial charge < -0.3 is 10.2 Å². The standard InChI is InChI=1S/C18H20Cl2O2S3/c19-9-13(21)11-23-15-1-5-17(6-2-15)25-18-7-3-16(4-8-18)24-12-14(22)10-20/h1-8,13-14,21-22H,9-12H2. The van der Waals surface area contributed by atoms with Crippen LogP contribution in [0.4, 0.5) is 0 Å². The third kappa shape index (κ3) is 8.04. The number of hydrogen-bond acceptors (Lipinski definition) is 5. The third-order valence-electron chi connectivity index (χ3n) is 3.12. The van der Waals surface area contributed by atoms with E-state index in [4.69, 9.17) is 23.2 Å². The highest BCUT2D eigenvalue weighted by Gasteiger charge is 2.05. The van der Waals surface area contributed by atoms with E-state index in [1.165, 1.54) is 9.79 Å². The normalized spacial score (nSPS) is 13.6. The van der Waals surface area contributed by atoms with E-state index in [2.05, 4.69) is 48.5 Å². The fraction of sp³-hybridized carbons (Fsp3) is 0.333. The maximum Gasteiger partial charge on any atom is 0.0769 e. The van der Waals surface area contributed by atoms with Crippen molar-refractivity contribution in [2.45, 2.75) is 31.8 Å². The summed E-state index contributed by atoms with van der Waals surface area (Å²) >= 11 is 16.1. The van der Waals surface area contributed by atoms with E-state index in [-0.39, 0.29) is 11.8 Å². The number of benzene rings is 2. The molecule has 7 heteroatoms. The first-order valence-electron chi connectivity index (χ1n) is 7.72. The first-order chi connectivity index (χ1) is 12.1. The number of rotatable bonds is 10. The summed E-state index contributed by atoms with van der Waals surface area (Å²) in [7, 11) is 0. The van der Waals surface area contributed by atoms with Gasteiger partial charge in [-0.2, -0.15) is 0 Å². The molecule has 0 aliphatic heterocycles. The number of aliphatic hydroxyl groups is 2. The minimum absolute atomic E-state index is 0.264. The molecular weight excluding hydrogens is 415 g/mol. The molecule has 2 unspecified atom stereocenters. The van der Waals surface area contributed by atoms with Crippen LogP contribution in [-0.2, 0) is 0 Å². The Kier molecular flexibility index (Phi) is 9.92. The minimum atomic E-state index is -0.470. The monoisotopic (exact) mass is 434 g/mol. The second kappa shape index (κ2) is 11.7. The van der Waals surface area contributed by atoms with Crippen LogP contribution in [0.3, 0.4) is 0 Å². The Balaban J connectivity index is 1.85. The van der Waals surface area contributed by atoms with Gasteiger partial charge in [0, 0.05) is 42.8 Å². The number of alkyl halides is 2. The highest BCUT2D eigenvalue weighted by Crippen LogP contribution is 2.31. The molecule has 0 aromatic heterocycles. The molecule has 0 amide bonds. The van der Waals surface area contributed by atoms with Crippen LogP contribution < -0.4 is 0 Å². The first kappa shape index (κ1) is 21.3. The van der Waals surface area contributed by atoms with Crippen molar-refractivity contribution in [1.29, 1.82) is 0 Å². The Morgan fingerprint density at radius 3 is 1.28 bits per heavy atom. The molecule has 2 nitrogen and oxygen atoms in total. The van der Waals surface area contributed by atoms with Crippen molar-refractivity contribution < 1.29 is 10.2 Å². The average Bonchev–Trinajstić information content (AvgIpc) is 2.66. The molecular formula is C18H20Cl2O2S3. The molecule has 25 heavy (non-hydrogen) atoms. The zero-order valence-corrected chi connectivity index (χ0v) is 17.4. The lowest BCUT2D eigenvalue weighted by Gasteiger charge is -2.08. The van der Waals surface area contributed by atoms with Crippen molar-refractivity contribution in [3.05, 3.63) is 48.5 Å². The van der Waals surface area contributed by atoms with Crippen molar-refractivity contribution in [2.24, 2.45) is 0 Å². The molecule has 2 atom stereocenters. The van der Waals surface area contributed by atoms with Crippen molar-refractivity contribution in [3.8, 4) is 0 Å². The fourth-order valence-corrected chi connectivity index (χ4v) is 4.77. The van der Waals surface area contributed by atoms with Gasteiger partial charge in [-0.15, -0.1) is 46.7 Å². The van der Waals surface area contributed by atoms with Crippen LogP contribution in [0.1, 0.15) is 0 Å². The van der Waals surface area contributed by atoms with Crippen LogP contribution in [0, 0.1) is 0 Å². The zero-order valence-electron chi connectivity index (χ0n) is 13.5. The highest BCUT2D eigenvalue weighted by atomic mass is 35.5. The molecule has 136 valence electrons. The summed E-state index contributed by atoms with van der Waals surface area (Å²) < 4.78 is 0. The van der Waals surface area contributed by atoms with E-state index < -0.39 is 12.2 Å². The summed E-state index contributed by atoms with van der Waals surface area (Å²) in [4.78, 5) is 4.58. The highest BCUT2D eigenvalue weighted by molar-refractivity contribution is 8.00. The molecule has 0 saturated heterocycles. The van der Waals surface area contributed by atoms with Crippen molar-refractivity contribution in [1.82, 2.24) is 0 Å². The van der Waals surface area contributed by atoms with Gasteiger partial charge in [0.15, 0.2) is 0 Å². The SMILES string of the molecule is OC(CCl)CSc1ccc(Sc2ccc(SCC(O)CCl)cc2)cc1. The van der Waals surface area contributed by atoms with Gasteiger partial charge in [-0.3, -0.25) is 0 Å². The van der Waals surface area contributed by atoms with Crippen LogP contribution in [-0.4, -0.2) is 45.7 Å². The summed E-state index contributed by atoms with van der Waals surface area (Å²) in [6, 6.07) is 16.6. The molecule has 0 spiro atoms. The Hall–Kier alpha value is -0.0100. The van der Waals surface area contributed by atoms with Gasteiger partial charge in [0.2, 0.25) is 0 Å². The third-order valence-corrected chi connectivity index (χ3v) is 7.17. The molecule has 0 bridgehead atoms. The largest absolute Gasteiger partial charge is 0.391 e. The van der Waals surface area contributed by atoms with Crippen LogP contribution in [0.25, 0.3) is 0 Å². The Morgan fingerprint density at radius 2 is 0.960 bits per heavy atom. The summed E-state index contributed by atoms with van der Waals surface area (Å²) in [5, 5.41) is 19.0. The molecule has 2 rings (SSSR count). The van der Waals surface area contributed by atoms with Crippen LogP contribution in [0.5, 0.6) is 0 Å². The zero-order chi connectivity index (χ0) is 18.1. The predicted octanol–water partition coefficient (Wildman–Crippen LogP) is 5.22. The topological polar surface area (TPSA) is 40.5 Å². The predicted molar refractivity (Wildman–Crippen MR) is 112 cm³/mol. The summed E-state index contributed by atoms with van der Waals surface area (Å²) in [5.41, 5.74) is 0. The van der Waals surface area contributed by atoms with Crippen LogP contribution in [0.15, 0.2) is 68.1 Å². The fourth-order valence-electron chi connectivity index (χ4n) is 1.82. The molecule has 0 radical (unpaired) electrons. The number of hydrogen-bond donors (Lipinski definition) is 2. The molecule has 0 aliphatic carbocycles. The van der Waals surface area contributed by atoms with Crippen molar-refractivity contribution >= 4 is 58.5 Å². The minimum Gasteiger partial charge on any atom is -0.391 e. The Bertz CT molecular complexity index is 568. The first-order valence-corrected chi connectivity index (χ1v) is 11.6. The van der Waals surface area contributed by atoms with Crippen LogP contribution >= 0.6 is 58.5 Å². The van der Waals surface area contributed by atoms with Crippen LogP contribution in [0.2, 0.25) is 0 Å². The summed E-state index contributed by atoms with van der Waals surface area (Å²) in [5.74, 6) is 1.74. The lowest BCUT2D eigenvalue weighted by molar-refractivity contribution is 0.223. The van der Waals surface area contributed by atoms with Gasteiger partial charge >= 0.3 is 0 Å². The van der Waals surface area contributed by atoms with Gasteiger partial charge in [0.05, 0.1) is 12.2 Å². The number of halogens is 2. The lowest BCUT2D eigenvalue weighted by atomic mass is 10.4. The Labute approximate surface area is 171 Å². The maximum absolute atomic E-state index is 9.49. The van der Waals surface area contributed by atoms with E-state index >= 15 is 0 Å². The van der Waals surface area contributed by atoms with E-state index in [1.54, 1.807) is 35.3 Å². The second-order valence-electron chi connectivity index (χ2n) is 5.28. The van der Waals surface area contributed by atoms with Gasteiger partial charge in [-0.1, -0.05) is 11.8 Å². The average molecular weight is 435 g/mol. The van der Waals surface area contributed by atoms with Gasteiger partial charge in [0.1, 0.15) is 0 Å². The maximum atomic E-state index is 9.49. The summed E-state index contributed by atoms with van der Waals surface area (Å²) in [6.45, 7) is 0.